The van der Waals surface area contributed by atoms with Gasteiger partial charge >= 0.3 is 0 Å². The molecule has 0 aromatic carbocycles. The Balaban J connectivity index is 1.81. The van der Waals surface area contributed by atoms with E-state index in [9.17, 15) is 0 Å². The van der Waals surface area contributed by atoms with Crippen molar-refractivity contribution in [1.29, 1.82) is 0 Å². The normalized spacial score (nSPS) is 34.5. The summed E-state index contributed by atoms with van der Waals surface area (Å²) < 4.78 is 0. The summed E-state index contributed by atoms with van der Waals surface area (Å²) in [6.07, 6.45) is 14.9. The van der Waals surface area contributed by atoms with Crippen LogP contribution in [0.25, 0.3) is 0 Å². The van der Waals surface area contributed by atoms with E-state index in [1.807, 2.05) is 0 Å². The van der Waals surface area contributed by atoms with Crippen molar-refractivity contribution in [2.24, 2.45) is 0 Å². The van der Waals surface area contributed by atoms with Crippen LogP contribution in [0, 0.1) is 0 Å². The molecule has 0 saturated carbocycles. The van der Waals surface area contributed by atoms with E-state index in [0.717, 1.165) is 10.5 Å². The van der Waals surface area contributed by atoms with Crippen molar-refractivity contribution in [2.75, 3.05) is 11.5 Å². The zero-order chi connectivity index (χ0) is 11.1. The highest BCUT2D eigenvalue weighted by molar-refractivity contribution is 8.03. The van der Waals surface area contributed by atoms with E-state index in [0.29, 0.717) is 0 Å². The lowest BCUT2D eigenvalue weighted by atomic mass is 10.0. The van der Waals surface area contributed by atoms with Crippen molar-refractivity contribution in [3.8, 4) is 0 Å². The van der Waals surface area contributed by atoms with Crippen LogP contribution in [-0.2, 0) is 0 Å². The SMILES string of the molecule is C1CCCC(C2CCCCCCS2)SCC1. The average molecular weight is 258 g/mol. The third kappa shape index (κ3) is 4.52. The van der Waals surface area contributed by atoms with Gasteiger partial charge in [-0.15, -0.1) is 0 Å². The predicted molar refractivity (Wildman–Crippen MR) is 78.7 cm³/mol. The van der Waals surface area contributed by atoms with E-state index in [-0.39, 0.29) is 0 Å². The van der Waals surface area contributed by atoms with Gasteiger partial charge in [-0.05, 0) is 37.2 Å². The van der Waals surface area contributed by atoms with Gasteiger partial charge in [0, 0.05) is 10.5 Å². The maximum atomic E-state index is 2.30. The van der Waals surface area contributed by atoms with E-state index in [4.69, 9.17) is 0 Å². The molecule has 0 nitrogen and oxygen atoms in total. The van der Waals surface area contributed by atoms with Gasteiger partial charge in [-0.25, -0.2) is 0 Å². The lowest BCUT2D eigenvalue weighted by molar-refractivity contribution is 0.552. The molecule has 0 aromatic rings. The first-order chi connectivity index (χ1) is 7.97. The Labute approximate surface area is 110 Å². The molecule has 0 radical (unpaired) electrons. The smallest absolute Gasteiger partial charge is 0.0166 e. The second-order valence-corrected chi connectivity index (χ2v) is 7.92. The van der Waals surface area contributed by atoms with Crippen LogP contribution in [0.1, 0.15) is 64.2 Å². The highest BCUT2D eigenvalue weighted by atomic mass is 32.2. The van der Waals surface area contributed by atoms with E-state index in [1.54, 1.807) is 0 Å². The molecular weight excluding hydrogens is 232 g/mol. The van der Waals surface area contributed by atoms with Crippen molar-refractivity contribution in [3.63, 3.8) is 0 Å². The highest BCUT2D eigenvalue weighted by Gasteiger charge is 2.23. The van der Waals surface area contributed by atoms with Crippen molar-refractivity contribution >= 4 is 23.5 Å². The number of hydrogen-bond acceptors (Lipinski definition) is 2. The Morgan fingerprint density at radius 2 is 0.938 bits per heavy atom. The van der Waals surface area contributed by atoms with Crippen LogP contribution in [-0.4, -0.2) is 22.0 Å². The van der Waals surface area contributed by atoms with Gasteiger partial charge < -0.3 is 0 Å². The summed E-state index contributed by atoms with van der Waals surface area (Å²) >= 11 is 4.60. The second kappa shape index (κ2) is 7.92. The van der Waals surface area contributed by atoms with E-state index in [1.165, 1.54) is 75.7 Å². The van der Waals surface area contributed by atoms with Gasteiger partial charge in [0.05, 0.1) is 0 Å². The first-order valence-corrected chi connectivity index (χ1v) is 9.30. The van der Waals surface area contributed by atoms with Crippen LogP contribution in [0.5, 0.6) is 0 Å². The maximum absolute atomic E-state index is 2.30. The molecule has 2 aliphatic heterocycles. The van der Waals surface area contributed by atoms with Gasteiger partial charge in [-0.2, -0.15) is 23.5 Å². The summed E-state index contributed by atoms with van der Waals surface area (Å²) in [5.41, 5.74) is 0. The third-order valence-electron chi connectivity index (χ3n) is 3.84. The molecule has 0 aliphatic carbocycles. The molecule has 0 spiro atoms. The molecule has 0 amide bonds. The molecule has 2 unspecified atom stereocenters. The first-order valence-electron chi connectivity index (χ1n) is 7.20. The van der Waals surface area contributed by atoms with Crippen molar-refractivity contribution < 1.29 is 0 Å². The molecule has 16 heavy (non-hydrogen) atoms. The van der Waals surface area contributed by atoms with Crippen LogP contribution in [0.2, 0.25) is 0 Å². The molecule has 0 aromatic heterocycles. The molecule has 2 aliphatic rings. The summed E-state index contributed by atoms with van der Waals surface area (Å²) in [7, 11) is 0. The molecule has 2 heteroatoms. The molecule has 0 bridgehead atoms. The fourth-order valence-corrected chi connectivity index (χ4v) is 6.01. The molecule has 2 fully saturated rings. The number of rotatable bonds is 1. The Kier molecular flexibility index (Phi) is 6.50. The lowest BCUT2D eigenvalue weighted by Gasteiger charge is -2.29. The molecule has 94 valence electrons. The molecule has 2 rings (SSSR count). The fourth-order valence-electron chi connectivity index (χ4n) is 2.82. The van der Waals surface area contributed by atoms with Crippen molar-refractivity contribution in [2.45, 2.75) is 74.7 Å². The van der Waals surface area contributed by atoms with E-state index < -0.39 is 0 Å². The summed E-state index contributed by atoms with van der Waals surface area (Å²) in [5, 5.41) is 1.98. The van der Waals surface area contributed by atoms with Gasteiger partial charge in [-0.3, -0.25) is 0 Å². The van der Waals surface area contributed by atoms with Crippen LogP contribution >= 0.6 is 23.5 Å². The minimum Gasteiger partial charge on any atom is -0.157 e. The second-order valence-electron chi connectivity index (χ2n) is 5.22. The van der Waals surface area contributed by atoms with Crippen LogP contribution < -0.4 is 0 Å². The summed E-state index contributed by atoms with van der Waals surface area (Å²) in [6.45, 7) is 0. The topological polar surface area (TPSA) is 0 Å². The van der Waals surface area contributed by atoms with E-state index in [2.05, 4.69) is 23.5 Å². The fraction of sp³-hybridized carbons (Fsp3) is 1.00. The van der Waals surface area contributed by atoms with Crippen LogP contribution in [0.3, 0.4) is 0 Å². The highest BCUT2D eigenvalue weighted by Crippen LogP contribution is 2.36. The predicted octanol–water partition coefficient (Wildman–Crippen LogP) is 5.12. The van der Waals surface area contributed by atoms with Gasteiger partial charge in [0.25, 0.3) is 0 Å². The van der Waals surface area contributed by atoms with Crippen molar-refractivity contribution in [3.05, 3.63) is 0 Å². The van der Waals surface area contributed by atoms with Gasteiger partial charge in [0.15, 0.2) is 0 Å². The minimum absolute atomic E-state index is 0.989. The quantitative estimate of drug-likeness (QED) is 0.640. The largest absolute Gasteiger partial charge is 0.157 e. The van der Waals surface area contributed by atoms with Gasteiger partial charge in [0.1, 0.15) is 0 Å². The summed E-state index contributed by atoms with van der Waals surface area (Å²) in [5.74, 6) is 2.86. The number of thioether (sulfide) groups is 2. The third-order valence-corrected chi connectivity index (χ3v) is 7.05. The lowest BCUT2D eigenvalue weighted by Crippen LogP contribution is -2.23. The van der Waals surface area contributed by atoms with E-state index >= 15 is 0 Å². The molecule has 0 N–H and O–H groups in total. The van der Waals surface area contributed by atoms with Crippen LogP contribution in [0.4, 0.5) is 0 Å². The standard InChI is InChI=1S/C14H26S2/c1-3-7-11-15-13(9-5-1)14-10-6-2-4-8-12-16-14/h13-14H,1-12H2. The Bertz CT molecular complexity index is 146. The van der Waals surface area contributed by atoms with Crippen molar-refractivity contribution in [1.82, 2.24) is 0 Å². The first kappa shape index (κ1) is 13.1. The Morgan fingerprint density at radius 1 is 0.500 bits per heavy atom. The molecule has 2 heterocycles. The maximum Gasteiger partial charge on any atom is 0.0166 e. The van der Waals surface area contributed by atoms with Crippen LogP contribution in [0.15, 0.2) is 0 Å². The average Bonchev–Trinajstić information content (AvgIpc) is 2.18. The summed E-state index contributed by atoms with van der Waals surface area (Å²) in [4.78, 5) is 0. The molecular formula is C14H26S2. The monoisotopic (exact) mass is 258 g/mol. The minimum atomic E-state index is 0.989. The zero-order valence-electron chi connectivity index (χ0n) is 10.5. The Morgan fingerprint density at radius 3 is 1.44 bits per heavy atom. The Hall–Kier alpha value is 0.700. The zero-order valence-corrected chi connectivity index (χ0v) is 12.1. The molecule has 2 saturated heterocycles. The summed E-state index contributed by atoms with van der Waals surface area (Å²) in [6, 6.07) is 0. The van der Waals surface area contributed by atoms with Gasteiger partial charge in [0.2, 0.25) is 0 Å². The molecule has 2 atom stereocenters. The van der Waals surface area contributed by atoms with Gasteiger partial charge in [-0.1, -0.05) is 38.5 Å². The number of hydrogen-bond donors (Lipinski definition) is 0.